The minimum absolute atomic E-state index is 0.0675. The summed E-state index contributed by atoms with van der Waals surface area (Å²) in [6.07, 6.45) is -0.630. The van der Waals surface area contributed by atoms with Crippen molar-refractivity contribution in [1.29, 1.82) is 0 Å². The molecular formula is C19H18BrN3O4. The second kappa shape index (κ2) is 8.13. The molecule has 3 aromatic rings. The first kappa shape index (κ1) is 18.8. The van der Waals surface area contributed by atoms with Crippen molar-refractivity contribution in [3.63, 3.8) is 0 Å². The molecule has 0 bridgehead atoms. The SMILES string of the molecule is COc1cccc(NC(=O)OCc2c(Br)c(=O)n(-c3ccccc3)n2C)c1. The molecule has 1 amide bonds. The van der Waals surface area contributed by atoms with E-state index in [1.165, 1.54) is 4.68 Å². The van der Waals surface area contributed by atoms with Crippen LogP contribution >= 0.6 is 15.9 Å². The maximum Gasteiger partial charge on any atom is 0.412 e. The van der Waals surface area contributed by atoms with Crippen LogP contribution in [0.5, 0.6) is 5.75 Å². The number of benzene rings is 2. The van der Waals surface area contributed by atoms with Gasteiger partial charge in [-0.05, 0) is 40.2 Å². The number of nitrogens with one attached hydrogen (secondary N) is 1. The predicted molar refractivity (Wildman–Crippen MR) is 106 cm³/mol. The molecule has 0 saturated carbocycles. The number of carbonyl (C=O) groups is 1. The van der Waals surface area contributed by atoms with Gasteiger partial charge < -0.3 is 9.47 Å². The normalized spacial score (nSPS) is 10.5. The summed E-state index contributed by atoms with van der Waals surface area (Å²) in [5.74, 6) is 0.623. The van der Waals surface area contributed by atoms with Crippen LogP contribution in [0.3, 0.4) is 0 Å². The third-order valence-electron chi connectivity index (χ3n) is 3.98. The van der Waals surface area contributed by atoms with Crippen molar-refractivity contribution in [2.24, 2.45) is 7.05 Å². The number of nitrogens with zero attached hydrogens (tertiary/aromatic N) is 2. The van der Waals surface area contributed by atoms with E-state index in [0.717, 1.165) is 5.69 Å². The fourth-order valence-electron chi connectivity index (χ4n) is 2.62. The Kier molecular flexibility index (Phi) is 5.66. The lowest BCUT2D eigenvalue weighted by Gasteiger charge is -2.11. The van der Waals surface area contributed by atoms with E-state index < -0.39 is 6.09 Å². The first-order valence-electron chi connectivity index (χ1n) is 8.11. The van der Waals surface area contributed by atoms with Gasteiger partial charge in [0.15, 0.2) is 0 Å². The Balaban J connectivity index is 1.74. The molecule has 2 aromatic carbocycles. The summed E-state index contributed by atoms with van der Waals surface area (Å²) in [5.41, 5.74) is 1.59. The van der Waals surface area contributed by atoms with E-state index in [9.17, 15) is 9.59 Å². The molecule has 0 unspecified atom stereocenters. The Bertz CT molecular complexity index is 1010. The van der Waals surface area contributed by atoms with Crippen LogP contribution in [0.4, 0.5) is 10.5 Å². The zero-order valence-corrected chi connectivity index (χ0v) is 16.4. The fourth-order valence-corrected chi connectivity index (χ4v) is 3.16. The molecule has 0 fully saturated rings. The van der Waals surface area contributed by atoms with Crippen molar-refractivity contribution in [3.8, 4) is 11.4 Å². The summed E-state index contributed by atoms with van der Waals surface area (Å²) < 4.78 is 13.9. The minimum Gasteiger partial charge on any atom is -0.497 e. The highest BCUT2D eigenvalue weighted by Gasteiger charge is 2.18. The highest BCUT2D eigenvalue weighted by molar-refractivity contribution is 9.10. The highest BCUT2D eigenvalue weighted by Crippen LogP contribution is 2.19. The van der Waals surface area contributed by atoms with Crippen molar-refractivity contribution in [3.05, 3.63) is 75.1 Å². The minimum atomic E-state index is -0.630. The summed E-state index contributed by atoms with van der Waals surface area (Å²) in [6, 6.07) is 16.2. The smallest absolute Gasteiger partial charge is 0.412 e. The van der Waals surface area contributed by atoms with Crippen molar-refractivity contribution >= 4 is 27.7 Å². The molecule has 0 spiro atoms. The molecule has 1 aromatic heterocycles. The number of halogens is 1. The number of para-hydroxylation sites is 1. The molecule has 0 saturated heterocycles. The summed E-state index contributed by atoms with van der Waals surface area (Å²) in [7, 11) is 3.28. The van der Waals surface area contributed by atoms with Gasteiger partial charge in [-0.3, -0.25) is 14.8 Å². The Morgan fingerprint density at radius 3 is 2.59 bits per heavy atom. The third-order valence-corrected chi connectivity index (χ3v) is 4.78. The van der Waals surface area contributed by atoms with Gasteiger partial charge in [-0.15, -0.1) is 0 Å². The second-order valence-electron chi connectivity index (χ2n) is 5.67. The molecule has 8 heteroatoms. The first-order valence-corrected chi connectivity index (χ1v) is 8.90. The Hall–Kier alpha value is -3.00. The van der Waals surface area contributed by atoms with E-state index in [0.29, 0.717) is 21.6 Å². The van der Waals surface area contributed by atoms with E-state index in [4.69, 9.17) is 9.47 Å². The number of aromatic nitrogens is 2. The molecule has 7 nitrogen and oxygen atoms in total. The van der Waals surface area contributed by atoms with Gasteiger partial charge in [-0.2, -0.15) is 0 Å². The van der Waals surface area contributed by atoms with E-state index in [-0.39, 0.29) is 12.2 Å². The number of hydrogen-bond acceptors (Lipinski definition) is 4. The Labute approximate surface area is 164 Å². The maximum absolute atomic E-state index is 12.5. The molecule has 0 aliphatic rings. The zero-order chi connectivity index (χ0) is 19.4. The molecular weight excluding hydrogens is 414 g/mol. The summed E-state index contributed by atoms with van der Waals surface area (Å²) >= 11 is 3.30. The van der Waals surface area contributed by atoms with E-state index in [1.54, 1.807) is 43.1 Å². The lowest BCUT2D eigenvalue weighted by Crippen LogP contribution is -2.20. The number of rotatable bonds is 5. The van der Waals surface area contributed by atoms with Crippen molar-refractivity contribution < 1.29 is 14.3 Å². The van der Waals surface area contributed by atoms with Gasteiger partial charge >= 0.3 is 6.09 Å². The molecule has 0 aliphatic heterocycles. The molecule has 3 rings (SSSR count). The van der Waals surface area contributed by atoms with Crippen molar-refractivity contribution in [2.45, 2.75) is 6.61 Å². The number of amides is 1. The van der Waals surface area contributed by atoms with Crippen LogP contribution in [0.15, 0.2) is 63.9 Å². The molecule has 140 valence electrons. The van der Waals surface area contributed by atoms with E-state index >= 15 is 0 Å². The average molecular weight is 432 g/mol. The van der Waals surface area contributed by atoms with Gasteiger partial charge in [0, 0.05) is 18.8 Å². The molecule has 27 heavy (non-hydrogen) atoms. The van der Waals surface area contributed by atoms with Gasteiger partial charge in [0.25, 0.3) is 5.56 Å². The molecule has 1 N–H and O–H groups in total. The number of anilines is 1. The van der Waals surface area contributed by atoms with E-state index in [2.05, 4.69) is 21.2 Å². The van der Waals surface area contributed by atoms with Crippen LogP contribution in [0.1, 0.15) is 5.69 Å². The second-order valence-corrected chi connectivity index (χ2v) is 6.46. The van der Waals surface area contributed by atoms with Gasteiger partial charge in [0.1, 0.15) is 16.8 Å². The van der Waals surface area contributed by atoms with Gasteiger partial charge in [-0.25, -0.2) is 9.48 Å². The van der Waals surface area contributed by atoms with Crippen molar-refractivity contribution in [2.75, 3.05) is 12.4 Å². The zero-order valence-electron chi connectivity index (χ0n) is 14.8. The quantitative estimate of drug-likeness (QED) is 0.668. The number of hydrogen-bond donors (Lipinski definition) is 1. The van der Waals surface area contributed by atoms with Crippen molar-refractivity contribution in [1.82, 2.24) is 9.36 Å². The number of ether oxygens (including phenoxy) is 2. The molecule has 0 atom stereocenters. The average Bonchev–Trinajstić information content (AvgIpc) is 2.89. The maximum atomic E-state index is 12.5. The lowest BCUT2D eigenvalue weighted by atomic mass is 10.3. The highest BCUT2D eigenvalue weighted by atomic mass is 79.9. The lowest BCUT2D eigenvalue weighted by molar-refractivity contribution is 0.151. The van der Waals surface area contributed by atoms with E-state index in [1.807, 2.05) is 30.3 Å². The van der Waals surface area contributed by atoms with Crippen LogP contribution in [0.25, 0.3) is 5.69 Å². The molecule has 0 radical (unpaired) electrons. The Morgan fingerprint density at radius 2 is 1.89 bits per heavy atom. The monoisotopic (exact) mass is 431 g/mol. The summed E-state index contributed by atoms with van der Waals surface area (Å²) in [5, 5.41) is 2.63. The third kappa shape index (κ3) is 4.06. The topological polar surface area (TPSA) is 74.5 Å². The number of carbonyl (C=O) groups excluding carboxylic acids is 1. The largest absolute Gasteiger partial charge is 0.497 e. The van der Waals surface area contributed by atoms with Gasteiger partial charge in [-0.1, -0.05) is 24.3 Å². The van der Waals surface area contributed by atoms with Crippen LogP contribution in [-0.2, 0) is 18.4 Å². The first-order chi connectivity index (χ1) is 13.0. The van der Waals surface area contributed by atoms with Crippen LogP contribution in [0, 0.1) is 0 Å². The van der Waals surface area contributed by atoms with Crippen LogP contribution in [0.2, 0.25) is 0 Å². The van der Waals surface area contributed by atoms with Crippen LogP contribution < -0.4 is 15.6 Å². The van der Waals surface area contributed by atoms with Crippen LogP contribution in [-0.4, -0.2) is 22.6 Å². The Morgan fingerprint density at radius 1 is 1.15 bits per heavy atom. The fraction of sp³-hybridized carbons (Fsp3) is 0.158. The predicted octanol–water partition coefficient (Wildman–Crippen LogP) is 3.70. The summed E-state index contributed by atoms with van der Waals surface area (Å²) in [4.78, 5) is 24.6. The standard InChI is InChI=1S/C19H18BrN3O4/c1-22-16(17(20)18(24)23(22)14-8-4-3-5-9-14)12-27-19(25)21-13-7-6-10-15(11-13)26-2/h3-11H,12H2,1-2H3,(H,21,25). The summed E-state index contributed by atoms with van der Waals surface area (Å²) in [6.45, 7) is -0.0675. The van der Waals surface area contributed by atoms with Gasteiger partial charge in [0.05, 0.1) is 18.5 Å². The number of methoxy groups -OCH3 is 1. The molecule has 1 heterocycles. The molecule has 0 aliphatic carbocycles. The van der Waals surface area contributed by atoms with Gasteiger partial charge in [0.2, 0.25) is 0 Å².